The number of imidazole rings is 1. The number of aromatic nitrogens is 3. The maximum absolute atomic E-state index is 11.7. The van der Waals surface area contributed by atoms with Gasteiger partial charge in [-0.25, -0.2) is 4.98 Å². The number of para-hydroxylation sites is 1. The van der Waals surface area contributed by atoms with E-state index >= 15 is 0 Å². The number of phenolic OH excluding ortho intramolecular Hbond substituents is 1. The Hall–Kier alpha value is -6.26. The molecule has 6 aromatic carbocycles. The van der Waals surface area contributed by atoms with Crippen molar-refractivity contribution in [3.05, 3.63) is 167 Å². The van der Waals surface area contributed by atoms with Crippen molar-refractivity contribution in [1.29, 1.82) is 0 Å². The highest BCUT2D eigenvalue weighted by molar-refractivity contribution is 5.97. The van der Waals surface area contributed by atoms with Crippen LogP contribution in [0, 0.1) is 27.6 Å². The summed E-state index contributed by atoms with van der Waals surface area (Å²) >= 11 is 0. The molecule has 0 radical (unpaired) electrons. The molecule has 8 aromatic rings. The fourth-order valence-corrected chi connectivity index (χ4v) is 7.80. The number of aryl methyl sites for hydroxylation is 3. The van der Waals surface area contributed by atoms with Crippen LogP contribution in [-0.2, 0) is 10.8 Å². The van der Waals surface area contributed by atoms with Crippen molar-refractivity contribution in [3.63, 3.8) is 0 Å². The van der Waals surface area contributed by atoms with Gasteiger partial charge < -0.3 is 5.11 Å². The molecule has 2 heterocycles. The Bertz CT molecular complexity index is 3060. The van der Waals surface area contributed by atoms with E-state index in [4.69, 9.17) is 18.2 Å². The van der Waals surface area contributed by atoms with Gasteiger partial charge in [0.2, 0.25) is 0 Å². The zero-order valence-corrected chi connectivity index (χ0v) is 34.5. The van der Waals surface area contributed by atoms with Crippen LogP contribution in [0.3, 0.4) is 0 Å². The van der Waals surface area contributed by atoms with Gasteiger partial charge in [0, 0.05) is 31.2 Å². The monoisotopic (exact) mass is 765 g/mol. The van der Waals surface area contributed by atoms with E-state index in [-0.39, 0.29) is 33.3 Å². The number of benzene rings is 6. The number of rotatable bonds is 6. The Balaban J connectivity index is 1.41. The lowest BCUT2D eigenvalue weighted by Gasteiger charge is -2.22. The second kappa shape index (κ2) is 14.6. The van der Waals surface area contributed by atoms with Gasteiger partial charge in [-0.05, 0) is 148 Å². The number of aromatic hydroxyl groups is 1. The van der Waals surface area contributed by atoms with Crippen LogP contribution >= 0.6 is 0 Å². The molecule has 0 aliphatic carbocycles. The van der Waals surface area contributed by atoms with Gasteiger partial charge in [0.25, 0.3) is 0 Å². The summed E-state index contributed by atoms with van der Waals surface area (Å²) in [4.78, 5) is 10.2. The van der Waals surface area contributed by atoms with Gasteiger partial charge in [-0.2, -0.15) is 0 Å². The molecule has 0 aliphatic rings. The minimum atomic E-state index is -2.78. The lowest BCUT2D eigenvalue weighted by molar-refractivity contribution is 0.472. The largest absolute Gasteiger partial charge is 0.507 e. The fourth-order valence-electron chi connectivity index (χ4n) is 7.80. The van der Waals surface area contributed by atoms with Gasteiger partial charge >= 0.3 is 0 Å². The van der Waals surface area contributed by atoms with Gasteiger partial charge in [-0.1, -0.05) is 120 Å². The van der Waals surface area contributed by atoms with Crippen LogP contribution in [0.15, 0.2) is 134 Å². The molecule has 0 fully saturated rings. The van der Waals surface area contributed by atoms with E-state index in [1.807, 2.05) is 67.1 Å². The van der Waals surface area contributed by atoms with E-state index in [9.17, 15) is 5.11 Å². The first-order valence-electron chi connectivity index (χ1n) is 22.8. The molecule has 0 unspecified atom stereocenters. The summed E-state index contributed by atoms with van der Waals surface area (Å²) in [5, 5.41) is 11.7. The first-order chi connectivity index (χ1) is 30.0. The van der Waals surface area contributed by atoms with Crippen molar-refractivity contribution in [1.82, 2.24) is 14.5 Å². The van der Waals surface area contributed by atoms with E-state index in [2.05, 4.69) is 90.1 Å². The van der Waals surface area contributed by atoms with Crippen LogP contribution in [0.5, 0.6) is 5.75 Å². The third kappa shape index (κ3) is 7.24. The molecular formula is C54H53N3O. The lowest BCUT2D eigenvalue weighted by atomic mass is 9.83. The molecule has 0 aliphatic heterocycles. The molecule has 0 saturated heterocycles. The molecule has 0 bridgehead atoms. The summed E-state index contributed by atoms with van der Waals surface area (Å²) < 4.78 is 53.6. The molecule has 8 rings (SSSR count). The molecular weight excluding hydrogens is 707 g/mol. The average molecular weight is 766 g/mol. The number of hydrogen-bond acceptors (Lipinski definition) is 3. The smallest absolute Gasteiger partial charge is 0.149 e. The summed E-state index contributed by atoms with van der Waals surface area (Å²) in [5.74, 6) is 0.418. The molecule has 0 spiro atoms. The van der Waals surface area contributed by atoms with Crippen LogP contribution in [0.1, 0.15) is 83.1 Å². The number of hydrogen-bond donors (Lipinski definition) is 1. The van der Waals surface area contributed by atoms with E-state index in [1.54, 1.807) is 30.3 Å². The summed E-state index contributed by atoms with van der Waals surface area (Å²) in [6.07, 6.45) is 1.85. The van der Waals surface area contributed by atoms with Crippen molar-refractivity contribution in [2.24, 2.45) is 0 Å². The highest BCUT2D eigenvalue weighted by Gasteiger charge is 2.24. The first-order valence-corrected chi connectivity index (χ1v) is 19.8. The molecule has 4 nitrogen and oxygen atoms in total. The second-order valence-corrected chi connectivity index (χ2v) is 17.5. The Kier molecular flexibility index (Phi) is 8.00. The summed E-state index contributed by atoms with van der Waals surface area (Å²) in [6.45, 7) is 11.4. The molecule has 0 saturated carbocycles. The van der Waals surface area contributed by atoms with Gasteiger partial charge in [0.05, 0.1) is 22.3 Å². The Morgan fingerprint density at radius 3 is 2.02 bits per heavy atom. The predicted octanol–water partition coefficient (Wildman–Crippen LogP) is 14.3. The Labute approximate surface area is 352 Å². The maximum atomic E-state index is 11.7. The molecule has 0 amide bonds. The van der Waals surface area contributed by atoms with Crippen LogP contribution in [0.2, 0.25) is 0 Å². The van der Waals surface area contributed by atoms with Crippen LogP contribution < -0.4 is 0 Å². The van der Waals surface area contributed by atoms with Crippen molar-refractivity contribution >= 4 is 11.0 Å². The molecule has 4 heteroatoms. The standard InChI is InChI=1S/C54H53N3O/c1-33-25-35(3)51(58)47(26-33)52-56-50-45(17-14-18-49(50)57(52)44-27-34(2)36(4)46(32-44)38-15-12-11-13-16-38)40-28-41(30-43(29-40)54(8,9)10)48-31-39(23-24-55-48)37-19-21-42(22-20-37)53(5,6)7/h11-32,58H,1-10H3/i2D3,4D3. The number of phenols is 1. The van der Waals surface area contributed by atoms with Gasteiger partial charge in [0.15, 0.2) is 0 Å². The average Bonchev–Trinajstić information content (AvgIpc) is 3.63. The highest BCUT2D eigenvalue weighted by atomic mass is 16.3. The molecule has 290 valence electrons. The summed E-state index contributed by atoms with van der Waals surface area (Å²) in [7, 11) is 0. The molecule has 58 heavy (non-hydrogen) atoms. The minimum Gasteiger partial charge on any atom is -0.507 e. The molecule has 1 N–H and O–H groups in total. The highest BCUT2D eigenvalue weighted by Crippen LogP contribution is 2.42. The maximum Gasteiger partial charge on any atom is 0.149 e. The SMILES string of the molecule is [2H]C([2H])([2H])c1cc(-n2c(-c3cc(C)cc(C)c3O)nc3c(-c4cc(-c5cc(-c6ccc(C(C)(C)C)cc6)ccn5)cc(C(C)(C)C)c4)cccc32)cc(-c2ccccc2)c1C([2H])([2H])[2H]. The Morgan fingerprint density at radius 1 is 0.569 bits per heavy atom. The van der Waals surface area contributed by atoms with E-state index in [0.29, 0.717) is 39.2 Å². The van der Waals surface area contributed by atoms with Crippen LogP contribution in [0.25, 0.3) is 72.7 Å². The van der Waals surface area contributed by atoms with E-state index in [1.165, 1.54) is 11.6 Å². The third-order valence-corrected chi connectivity index (χ3v) is 11.1. The Morgan fingerprint density at radius 2 is 1.31 bits per heavy atom. The van der Waals surface area contributed by atoms with Crippen molar-refractivity contribution in [2.45, 2.75) is 79.9 Å². The minimum absolute atomic E-state index is 0.0400. The fraction of sp³-hybridized carbons (Fsp3) is 0.222. The second-order valence-electron chi connectivity index (χ2n) is 17.5. The third-order valence-electron chi connectivity index (χ3n) is 11.1. The van der Waals surface area contributed by atoms with Crippen LogP contribution in [-0.4, -0.2) is 19.6 Å². The lowest BCUT2D eigenvalue weighted by Crippen LogP contribution is -2.11. The topological polar surface area (TPSA) is 50.9 Å². The van der Waals surface area contributed by atoms with Crippen LogP contribution in [0.4, 0.5) is 0 Å². The zero-order chi connectivity index (χ0) is 46.1. The predicted molar refractivity (Wildman–Crippen MR) is 244 cm³/mol. The number of nitrogens with zero attached hydrogens (tertiary/aromatic N) is 3. The quantitative estimate of drug-likeness (QED) is 0.183. The van der Waals surface area contributed by atoms with Gasteiger partial charge in [-0.15, -0.1) is 0 Å². The normalized spacial score (nSPS) is 14.0. The zero-order valence-electron chi connectivity index (χ0n) is 40.5. The van der Waals surface area contributed by atoms with E-state index in [0.717, 1.165) is 44.6 Å². The van der Waals surface area contributed by atoms with Crippen molar-refractivity contribution in [3.8, 4) is 67.5 Å². The van der Waals surface area contributed by atoms with Gasteiger partial charge in [0.1, 0.15) is 11.6 Å². The molecule has 0 atom stereocenters. The molecule has 2 aromatic heterocycles. The van der Waals surface area contributed by atoms with Gasteiger partial charge in [-0.3, -0.25) is 9.55 Å². The van der Waals surface area contributed by atoms with Crippen molar-refractivity contribution < 1.29 is 13.3 Å². The summed E-state index contributed by atoms with van der Waals surface area (Å²) in [6, 6.07) is 41.2. The summed E-state index contributed by atoms with van der Waals surface area (Å²) in [5.41, 5.74) is 11.8. The number of fused-ring (bicyclic) bond motifs is 1. The van der Waals surface area contributed by atoms with Crippen molar-refractivity contribution in [2.75, 3.05) is 0 Å². The first kappa shape index (κ1) is 31.8. The number of pyridine rings is 1. The van der Waals surface area contributed by atoms with E-state index < -0.39 is 13.7 Å².